The highest BCUT2D eigenvalue weighted by molar-refractivity contribution is 7.90. The van der Waals surface area contributed by atoms with Gasteiger partial charge in [-0.15, -0.1) is 13.2 Å². The molecular formula is C22H15Cl2F4NO4S. The van der Waals surface area contributed by atoms with Gasteiger partial charge in [-0.3, -0.25) is 4.79 Å². The van der Waals surface area contributed by atoms with Gasteiger partial charge in [0.25, 0.3) is 0 Å². The van der Waals surface area contributed by atoms with E-state index in [0.29, 0.717) is 5.56 Å². The van der Waals surface area contributed by atoms with E-state index in [1.807, 2.05) is 0 Å². The highest BCUT2D eigenvalue weighted by Gasteiger charge is 2.33. The Balaban J connectivity index is 1.83. The lowest BCUT2D eigenvalue weighted by molar-refractivity contribution is -0.274. The molecule has 0 saturated heterocycles. The molecule has 0 aliphatic rings. The van der Waals surface area contributed by atoms with E-state index in [9.17, 15) is 30.8 Å². The number of amides is 1. The molecule has 0 aromatic heterocycles. The Morgan fingerprint density at radius 1 is 1.03 bits per heavy atom. The zero-order valence-electron chi connectivity index (χ0n) is 17.2. The fraction of sp³-hybridized carbons (Fsp3) is 0.136. The Hall–Kier alpha value is -2.82. The van der Waals surface area contributed by atoms with Crippen LogP contribution in [0.25, 0.3) is 11.1 Å². The average molecular weight is 536 g/mol. The van der Waals surface area contributed by atoms with Gasteiger partial charge in [-0.05, 0) is 48.0 Å². The van der Waals surface area contributed by atoms with Crippen molar-refractivity contribution in [1.29, 1.82) is 0 Å². The van der Waals surface area contributed by atoms with Crippen molar-refractivity contribution in [3.63, 3.8) is 0 Å². The standard InChI is InChI=1S/C22H15Cl2F4NO4S/c1-34(31,32)15-5-2-12(3-6-15)8-20(30)29-14-10-17(24)21(18(25)11-14)16-7-4-13(23)9-19(16)33-22(26,27)28/h2-7,9-11H,8H2,1H3,(H,29,30). The molecule has 0 unspecified atom stereocenters. The third-order valence-electron chi connectivity index (χ3n) is 4.48. The molecule has 1 amide bonds. The summed E-state index contributed by atoms with van der Waals surface area (Å²) in [7, 11) is -3.38. The molecule has 0 aliphatic carbocycles. The Morgan fingerprint density at radius 3 is 2.24 bits per heavy atom. The van der Waals surface area contributed by atoms with Gasteiger partial charge in [0.05, 0.1) is 16.3 Å². The van der Waals surface area contributed by atoms with Gasteiger partial charge < -0.3 is 10.1 Å². The Kier molecular flexibility index (Phi) is 7.44. The number of nitrogens with one attached hydrogen (secondary N) is 1. The zero-order chi connectivity index (χ0) is 25.3. The number of benzene rings is 3. The van der Waals surface area contributed by atoms with Crippen molar-refractivity contribution < 1.29 is 35.5 Å². The van der Waals surface area contributed by atoms with Crippen molar-refractivity contribution in [2.45, 2.75) is 17.7 Å². The van der Waals surface area contributed by atoms with Crippen molar-refractivity contribution in [3.8, 4) is 16.9 Å². The first kappa shape index (κ1) is 25.8. The van der Waals surface area contributed by atoms with Crippen LogP contribution in [-0.4, -0.2) is 26.9 Å². The first-order valence-corrected chi connectivity index (χ1v) is 12.0. The SMILES string of the molecule is CS(=O)(=O)c1ccc(CC(=O)Nc2cc(F)c(-c3ccc(Cl)cc3OC(F)(F)F)c(Cl)c2)cc1. The summed E-state index contributed by atoms with van der Waals surface area (Å²) in [6, 6.07) is 11.0. The minimum Gasteiger partial charge on any atom is -0.405 e. The number of anilines is 1. The highest BCUT2D eigenvalue weighted by Crippen LogP contribution is 2.41. The second kappa shape index (κ2) is 9.81. The Morgan fingerprint density at radius 2 is 1.68 bits per heavy atom. The number of ether oxygens (including phenoxy) is 1. The normalized spacial score (nSPS) is 11.9. The number of carbonyl (C=O) groups is 1. The van der Waals surface area contributed by atoms with E-state index < -0.39 is 33.7 Å². The topological polar surface area (TPSA) is 72.5 Å². The fourth-order valence-electron chi connectivity index (χ4n) is 3.06. The van der Waals surface area contributed by atoms with Crippen LogP contribution >= 0.6 is 23.2 Å². The summed E-state index contributed by atoms with van der Waals surface area (Å²) in [5.41, 5.74) is -0.181. The molecule has 3 rings (SSSR count). The number of hydrogen-bond acceptors (Lipinski definition) is 4. The molecule has 0 aliphatic heterocycles. The summed E-state index contributed by atoms with van der Waals surface area (Å²) < 4.78 is 80.2. The third kappa shape index (κ3) is 6.62. The van der Waals surface area contributed by atoms with E-state index in [1.54, 1.807) is 0 Å². The summed E-state index contributed by atoms with van der Waals surface area (Å²) >= 11 is 11.9. The van der Waals surface area contributed by atoms with Gasteiger partial charge in [0.15, 0.2) is 9.84 Å². The van der Waals surface area contributed by atoms with Crippen LogP contribution in [0, 0.1) is 5.82 Å². The molecule has 0 atom stereocenters. The molecular weight excluding hydrogens is 521 g/mol. The number of halogens is 6. The largest absolute Gasteiger partial charge is 0.573 e. The first-order chi connectivity index (χ1) is 15.7. The lowest BCUT2D eigenvalue weighted by atomic mass is 10.0. The minimum atomic E-state index is -5.05. The molecule has 3 aromatic rings. The predicted molar refractivity (Wildman–Crippen MR) is 120 cm³/mol. The number of alkyl halides is 3. The van der Waals surface area contributed by atoms with Gasteiger partial charge in [0, 0.05) is 28.1 Å². The average Bonchev–Trinajstić information content (AvgIpc) is 2.67. The van der Waals surface area contributed by atoms with Crippen molar-refractivity contribution >= 4 is 44.6 Å². The lowest BCUT2D eigenvalue weighted by Crippen LogP contribution is -2.18. The number of hydrogen-bond donors (Lipinski definition) is 1. The highest BCUT2D eigenvalue weighted by atomic mass is 35.5. The van der Waals surface area contributed by atoms with E-state index in [-0.39, 0.29) is 38.2 Å². The van der Waals surface area contributed by atoms with Crippen LogP contribution < -0.4 is 10.1 Å². The van der Waals surface area contributed by atoms with E-state index >= 15 is 0 Å². The van der Waals surface area contributed by atoms with Crippen LogP contribution in [0.15, 0.2) is 59.5 Å². The van der Waals surface area contributed by atoms with E-state index in [0.717, 1.165) is 24.5 Å². The Labute approximate surface area is 202 Å². The van der Waals surface area contributed by atoms with E-state index in [2.05, 4.69) is 10.1 Å². The molecule has 0 heterocycles. The van der Waals surface area contributed by atoms with Gasteiger partial charge in [-0.1, -0.05) is 35.3 Å². The smallest absolute Gasteiger partial charge is 0.405 e. The third-order valence-corrected chi connectivity index (χ3v) is 6.14. The van der Waals surface area contributed by atoms with E-state index in [1.165, 1.54) is 36.4 Å². The molecule has 0 bridgehead atoms. The van der Waals surface area contributed by atoms with Crippen LogP contribution in [-0.2, 0) is 21.1 Å². The molecule has 0 spiro atoms. The second-order valence-corrected chi connectivity index (χ2v) is 10.0. The quantitative estimate of drug-likeness (QED) is 0.377. The first-order valence-electron chi connectivity index (χ1n) is 9.36. The van der Waals surface area contributed by atoms with Gasteiger partial charge in [-0.25, -0.2) is 12.8 Å². The lowest BCUT2D eigenvalue weighted by Gasteiger charge is -2.16. The summed E-state index contributed by atoms with van der Waals surface area (Å²) in [5.74, 6) is -2.30. The molecule has 0 saturated carbocycles. The van der Waals surface area contributed by atoms with Gasteiger partial charge in [0.1, 0.15) is 11.6 Å². The monoisotopic (exact) mass is 535 g/mol. The molecule has 3 aromatic carbocycles. The number of sulfone groups is 1. The fourth-order valence-corrected chi connectivity index (χ4v) is 4.16. The molecule has 34 heavy (non-hydrogen) atoms. The van der Waals surface area contributed by atoms with Crippen LogP contribution in [0.5, 0.6) is 5.75 Å². The molecule has 180 valence electrons. The predicted octanol–water partition coefficient (Wildman–Crippen LogP) is 6.28. The van der Waals surface area contributed by atoms with Crippen molar-refractivity contribution in [2.75, 3.05) is 11.6 Å². The number of rotatable bonds is 6. The maximum absolute atomic E-state index is 14.9. The summed E-state index contributed by atoms with van der Waals surface area (Å²) in [6.07, 6.45) is -4.14. The van der Waals surface area contributed by atoms with Crippen LogP contribution in [0.4, 0.5) is 23.2 Å². The summed E-state index contributed by atoms with van der Waals surface area (Å²) in [4.78, 5) is 12.4. The molecule has 0 radical (unpaired) electrons. The zero-order valence-corrected chi connectivity index (χ0v) is 19.5. The van der Waals surface area contributed by atoms with Crippen LogP contribution in [0.2, 0.25) is 10.0 Å². The van der Waals surface area contributed by atoms with Crippen molar-refractivity contribution in [2.24, 2.45) is 0 Å². The van der Waals surface area contributed by atoms with Gasteiger partial charge in [-0.2, -0.15) is 0 Å². The molecule has 12 heteroatoms. The van der Waals surface area contributed by atoms with Crippen LogP contribution in [0.1, 0.15) is 5.56 Å². The van der Waals surface area contributed by atoms with Crippen molar-refractivity contribution in [3.05, 3.63) is 76.0 Å². The summed E-state index contributed by atoms with van der Waals surface area (Å²) in [5, 5.41) is 2.11. The van der Waals surface area contributed by atoms with Gasteiger partial charge in [0.2, 0.25) is 5.91 Å². The van der Waals surface area contributed by atoms with E-state index in [4.69, 9.17) is 23.2 Å². The van der Waals surface area contributed by atoms with Crippen LogP contribution in [0.3, 0.4) is 0 Å². The maximum Gasteiger partial charge on any atom is 0.573 e. The maximum atomic E-state index is 14.9. The Bertz CT molecular complexity index is 1320. The van der Waals surface area contributed by atoms with Gasteiger partial charge >= 0.3 is 6.36 Å². The summed E-state index contributed by atoms with van der Waals surface area (Å²) in [6.45, 7) is 0. The molecule has 5 nitrogen and oxygen atoms in total. The van der Waals surface area contributed by atoms with Crippen molar-refractivity contribution in [1.82, 2.24) is 0 Å². The molecule has 1 N–H and O–H groups in total. The molecule has 0 fully saturated rings. The minimum absolute atomic E-state index is 0.0312. The number of carbonyl (C=O) groups excluding carboxylic acids is 1. The second-order valence-electron chi connectivity index (χ2n) is 7.14.